The van der Waals surface area contributed by atoms with Crippen LogP contribution in [0.4, 0.5) is 0 Å². The van der Waals surface area contributed by atoms with Crippen LogP contribution in [0.1, 0.15) is 23.6 Å². The van der Waals surface area contributed by atoms with E-state index in [0.717, 1.165) is 17.9 Å². The van der Waals surface area contributed by atoms with Gasteiger partial charge in [0.25, 0.3) is 0 Å². The normalized spacial score (nSPS) is 12.7. The first kappa shape index (κ1) is 15.8. The number of fused-ring (bicyclic) bond motifs is 6. The van der Waals surface area contributed by atoms with Crippen molar-refractivity contribution in [1.29, 1.82) is 0 Å². The third kappa shape index (κ3) is 2.40. The average Bonchev–Trinajstić information content (AvgIpc) is 2.70. The first-order valence-corrected chi connectivity index (χ1v) is 9.75. The molecule has 1 aliphatic rings. The Morgan fingerprint density at radius 3 is 2.46 bits per heavy atom. The molecule has 1 aliphatic heterocycles. The van der Waals surface area contributed by atoms with E-state index in [1.807, 2.05) is 0 Å². The summed E-state index contributed by atoms with van der Waals surface area (Å²) in [5.74, 6) is 1.73. The molecular formula is C24H20OS. The highest BCUT2D eigenvalue weighted by molar-refractivity contribution is 7.79. The summed E-state index contributed by atoms with van der Waals surface area (Å²) in [7, 11) is 0. The summed E-state index contributed by atoms with van der Waals surface area (Å²) in [6.45, 7) is 2.83. The Morgan fingerprint density at radius 2 is 1.62 bits per heavy atom. The van der Waals surface area contributed by atoms with Crippen LogP contribution in [0.3, 0.4) is 0 Å². The zero-order valence-corrected chi connectivity index (χ0v) is 15.6. The van der Waals surface area contributed by atoms with Gasteiger partial charge in [-0.05, 0) is 56.8 Å². The zero-order valence-electron chi connectivity index (χ0n) is 14.8. The number of aryl methyl sites for hydroxylation is 1. The van der Waals surface area contributed by atoms with E-state index in [4.69, 9.17) is 4.74 Å². The molecule has 1 nitrogen and oxygen atoms in total. The number of thiol groups is 1. The molecule has 0 atom stereocenters. The molecule has 0 saturated carbocycles. The number of hydrogen-bond acceptors (Lipinski definition) is 2. The lowest BCUT2D eigenvalue weighted by Gasteiger charge is -2.23. The summed E-state index contributed by atoms with van der Waals surface area (Å²) in [6.07, 6.45) is 1.06. The molecule has 0 saturated heterocycles. The van der Waals surface area contributed by atoms with Crippen molar-refractivity contribution in [2.45, 2.75) is 25.7 Å². The van der Waals surface area contributed by atoms with Gasteiger partial charge in [-0.1, -0.05) is 55.5 Å². The molecule has 128 valence electrons. The van der Waals surface area contributed by atoms with Crippen LogP contribution < -0.4 is 4.74 Å². The van der Waals surface area contributed by atoms with Crippen LogP contribution in [0.15, 0.2) is 60.7 Å². The van der Waals surface area contributed by atoms with E-state index in [9.17, 15) is 0 Å². The highest BCUT2D eigenvalue weighted by Crippen LogP contribution is 2.42. The maximum absolute atomic E-state index is 6.18. The van der Waals surface area contributed by atoms with Gasteiger partial charge in [0.2, 0.25) is 0 Å². The maximum Gasteiger partial charge on any atom is 0.128 e. The number of benzene rings is 4. The predicted octanol–water partition coefficient (Wildman–Crippen LogP) is 6.54. The molecule has 4 aromatic carbocycles. The Hall–Kier alpha value is -2.45. The second-order valence-electron chi connectivity index (χ2n) is 6.98. The molecule has 0 unspecified atom stereocenters. The molecule has 0 amide bonds. The van der Waals surface area contributed by atoms with Gasteiger partial charge in [-0.15, -0.1) is 0 Å². The fraction of sp³-hybridized carbons (Fsp3) is 0.167. The molecular weight excluding hydrogens is 336 g/mol. The van der Waals surface area contributed by atoms with Crippen molar-refractivity contribution < 1.29 is 4.74 Å². The molecule has 4 aromatic rings. The van der Waals surface area contributed by atoms with Crippen LogP contribution in [0.5, 0.6) is 5.75 Å². The van der Waals surface area contributed by atoms with Crippen molar-refractivity contribution in [3.63, 3.8) is 0 Å². The Kier molecular flexibility index (Phi) is 3.68. The van der Waals surface area contributed by atoms with Crippen LogP contribution in [-0.4, -0.2) is 0 Å². The second-order valence-corrected chi connectivity index (χ2v) is 7.29. The Bertz CT molecular complexity index is 1150. The smallest absolute Gasteiger partial charge is 0.128 e. The summed E-state index contributed by atoms with van der Waals surface area (Å²) in [6, 6.07) is 22.3. The van der Waals surface area contributed by atoms with Crippen LogP contribution in [0.2, 0.25) is 0 Å². The molecule has 1 heterocycles. The van der Waals surface area contributed by atoms with Crippen molar-refractivity contribution in [3.05, 3.63) is 77.4 Å². The van der Waals surface area contributed by atoms with Gasteiger partial charge in [-0.25, -0.2) is 0 Å². The molecule has 0 N–H and O–H groups in total. The van der Waals surface area contributed by atoms with Crippen molar-refractivity contribution in [2.24, 2.45) is 0 Å². The molecule has 0 bridgehead atoms. The van der Waals surface area contributed by atoms with Gasteiger partial charge in [0.15, 0.2) is 0 Å². The predicted molar refractivity (Wildman–Crippen MR) is 113 cm³/mol. The minimum Gasteiger partial charge on any atom is -0.488 e. The molecule has 0 spiro atoms. The van der Waals surface area contributed by atoms with Crippen molar-refractivity contribution >= 4 is 34.2 Å². The highest BCUT2D eigenvalue weighted by atomic mass is 32.1. The molecule has 2 heteroatoms. The maximum atomic E-state index is 6.18. The summed E-state index contributed by atoms with van der Waals surface area (Å²) in [5, 5.41) is 5.06. The summed E-state index contributed by atoms with van der Waals surface area (Å²) in [4.78, 5) is 0. The molecule has 0 radical (unpaired) electrons. The van der Waals surface area contributed by atoms with Crippen LogP contribution in [0.25, 0.3) is 32.7 Å². The fourth-order valence-electron chi connectivity index (χ4n) is 3.98. The first-order valence-electron chi connectivity index (χ1n) is 9.12. The standard InChI is InChI=1S/C24H20OS/c1-2-15-4-7-20-18(9-15)6-8-21-22-11-17-5-3-16(14-26)10-19(17)12-24(22)25-13-23(20)21/h3-12,26H,2,13-14H2,1H3. The van der Waals surface area contributed by atoms with Crippen molar-refractivity contribution in [3.8, 4) is 16.9 Å². The minimum atomic E-state index is 0.628. The summed E-state index contributed by atoms with van der Waals surface area (Å²) in [5.41, 5.74) is 6.39. The van der Waals surface area contributed by atoms with E-state index in [2.05, 4.69) is 80.2 Å². The van der Waals surface area contributed by atoms with E-state index in [1.165, 1.54) is 49.4 Å². The highest BCUT2D eigenvalue weighted by Gasteiger charge is 2.20. The quantitative estimate of drug-likeness (QED) is 0.401. The minimum absolute atomic E-state index is 0.628. The van der Waals surface area contributed by atoms with E-state index >= 15 is 0 Å². The summed E-state index contributed by atoms with van der Waals surface area (Å²) < 4.78 is 6.18. The number of rotatable bonds is 2. The SMILES string of the molecule is CCc1ccc2c3c(ccc2c1)-c1cc2ccc(CS)cc2cc1OC3. The van der Waals surface area contributed by atoms with E-state index in [0.29, 0.717) is 6.61 Å². The Labute approximate surface area is 159 Å². The second kappa shape index (κ2) is 6.07. The van der Waals surface area contributed by atoms with Gasteiger partial charge < -0.3 is 4.74 Å². The third-order valence-corrected chi connectivity index (χ3v) is 5.82. The average molecular weight is 356 g/mol. The van der Waals surface area contributed by atoms with Crippen LogP contribution >= 0.6 is 12.6 Å². The molecule has 0 fully saturated rings. The Balaban J connectivity index is 1.73. The number of ether oxygens (including phenoxy) is 1. The van der Waals surface area contributed by atoms with Gasteiger partial charge in [0, 0.05) is 16.9 Å². The van der Waals surface area contributed by atoms with E-state index < -0.39 is 0 Å². The first-order chi connectivity index (χ1) is 12.8. The van der Waals surface area contributed by atoms with E-state index in [-0.39, 0.29) is 0 Å². The topological polar surface area (TPSA) is 9.23 Å². The molecule has 0 aromatic heterocycles. The van der Waals surface area contributed by atoms with Crippen molar-refractivity contribution in [1.82, 2.24) is 0 Å². The van der Waals surface area contributed by atoms with Gasteiger partial charge in [0.1, 0.15) is 12.4 Å². The number of hydrogen-bond donors (Lipinski definition) is 1. The van der Waals surface area contributed by atoms with Gasteiger partial charge in [0.05, 0.1) is 0 Å². The van der Waals surface area contributed by atoms with E-state index in [1.54, 1.807) is 0 Å². The Morgan fingerprint density at radius 1 is 0.808 bits per heavy atom. The monoisotopic (exact) mass is 356 g/mol. The van der Waals surface area contributed by atoms with Gasteiger partial charge in [-0.2, -0.15) is 12.6 Å². The van der Waals surface area contributed by atoms with Crippen LogP contribution in [-0.2, 0) is 18.8 Å². The van der Waals surface area contributed by atoms with Crippen LogP contribution in [0, 0.1) is 0 Å². The largest absolute Gasteiger partial charge is 0.488 e. The third-order valence-electron chi connectivity index (χ3n) is 5.45. The fourth-order valence-corrected chi connectivity index (χ4v) is 4.17. The molecule has 26 heavy (non-hydrogen) atoms. The van der Waals surface area contributed by atoms with Gasteiger partial charge >= 0.3 is 0 Å². The molecule has 5 rings (SSSR count). The lowest BCUT2D eigenvalue weighted by atomic mass is 9.90. The zero-order chi connectivity index (χ0) is 17.7. The van der Waals surface area contributed by atoms with Gasteiger partial charge in [-0.3, -0.25) is 0 Å². The molecule has 0 aliphatic carbocycles. The summed E-state index contributed by atoms with van der Waals surface area (Å²) >= 11 is 4.39. The van der Waals surface area contributed by atoms with Crippen molar-refractivity contribution in [2.75, 3.05) is 0 Å². The lowest BCUT2D eigenvalue weighted by molar-refractivity contribution is 0.304. The lowest BCUT2D eigenvalue weighted by Crippen LogP contribution is -2.06.